The molecule has 2 atom stereocenters. The number of aliphatic hydroxyl groups excluding tert-OH is 1. The average Bonchev–Trinajstić information content (AvgIpc) is 3.36. The molecule has 2 unspecified atom stereocenters. The molecule has 3 heterocycles. The van der Waals surface area contributed by atoms with E-state index in [4.69, 9.17) is 14.5 Å². The van der Waals surface area contributed by atoms with Gasteiger partial charge in [0.25, 0.3) is 5.91 Å². The van der Waals surface area contributed by atoms with E-state index in [1.807, 2.05) is 30.3 Å². The SMILES string of the molecule is COc1cc(C(=O)NCc2cncc(-c3cccc(C(O)(C(=O)OCC4CCN(Cc5ccccc5)CC4)c4ccccc4)c3)n2)ccc1CNCC(O)c1ccc(O)c2[nH]c(=O)ccc12. The van der Waals surface area contributed by atoms with Crippen LogP contribution in [-0.2, 0) is 34.8 Å². The number of amides is 1. The van der Waals surface area contributed by atoms with E-state index < -0.39 is 17.7 Å². The van der Waals surface area contributed by atoms with Crippen LogP contribution < -0.4 is 20.9 Å². The standard InChI is InChI=1S/C52H52N6O8/c1-65-47-26-37(15-16-38(47)27-53-31-46(60)42-17-19-45(59)49-43(42)18-20-48(61)57-49)50(62)55-29-41-28-54-30-44(56-41)36-11-8-14-40(25-36)52(64,39-12-6-3-7-13-39)51(63)66-33-35-21-23-58(24-22-35)32-34-9-4-2-5-10-34/h2-20,25-26,28,30,35,46,53,59-60,64H,21-24,27,29,31-33H2,1H3,(H,55,62)(H,57,61). The van der Waals surface area contributed by atoms with Gasteiger partial charge in [-0.3, -0.25) is 19.5 Å². The molecule has 1 amide bonds. The highest BCUT2D eigenvalue weighted by atomic mass is 16.5. The first-order valence-electron chi connectivity index (χ1n) is 21.9. The minimum Gasteiger partial charge on any atom is -0.506 e. The highest BCUT2D eigenvalue weighted by Gasteiger charge is 2.42. The monoisotopic (exact) mass is 888 g/mol. The predicted octanol–water partition coefficient (Wildman–Crippen LogP) is 6.14. The average molecular weight is 889 g/mol. The summed E-state index contributed by atoms with van der Waals surface area (Å²) >= 11 is 0. The van der Waals surface area contributed by atoms with Crippen molar-refractivity contribution in [2.75, 3.05) is 33.4 Å². The molecule has 14 nitrogen and oxygen atoms in total. The van der Waals surface area contributed by atoms with Crippen LogP contribution in [0.15, 0.2) is 145 Å². The van der Waals surface area contributed by atoms with Crippen LogP contribution in [0.2, 0.25) is 0 Å². The number of esters is 1. The number of nitrogens with one attached hydrogen (secondary N) is 3. The Balaban J connectivity index is 0.887. The minimum atomic E-state index is -2.09. The number of methoxy groups -OCH3 is 1. The van der Waals surface area contributed by atoms with E-state index in [0.717, 1.165) is 38.0 Å². The first kappa shape index (κ1) is 45.3. The van der Waals surface area contributed by atoms with Gasteiger partial charge in [-0.05, 0) is 78.9 Å². The number of nitrogens with zero attached hydrogens (tertiary/aromatic N) is 3. The Morgan fingerprint density at radius 2 is 1.64 bits per heavy atom. The second kappa shape index (κ2) is 20.7. The largest absolute Gasteiger partial charge is 0.506 e. The maximum atomic E-state index is 14.0. The van der Waals surface area contributed by atoms with Crippen LogP contribution in [0.5, 0.6) is 11.5 Å². The highest BCUT2D eigenvalue weighted by molar-refractivity contribution is 5.94. The summed E-state index contributed by atoms with van der Waals surface area (Å²) < 4.78 is 11.5. The van der Waals surface area contributed by atoms with Crippen molar-refractivity contribution in [1.82, 2.24) is 30.5 Å². The smallest absolute Gasteiger partial charge is 0.347 e. The van der Waals surface area contributed by atoms with Gasteiger partial charge in [0.2, 0.25) is 11.2 Å². The van der Waals surface area contributed by atoms with Crippen molar-refractivity contribution in [2.45, 2.75) is 44.2 Å². The molecule has 0 aliphatic carbocycles. The lowest BCUT2D eigenvalue weighted by Gasteiger charge is -2.33. The number of aromatic nitrogens is 3. The van der Waals surface area contributed by atoms with Crippen LogP contribution in [-0.4, -0.2) is 80.4 Å². The number of H-pyrrole nitrogens is 1. The molecule has 6 N–H and O–H groups in total. The molecule has 2 aromatic heterocycles. The molecule has 66 heavy (non-hydrogen) atoms. The molecule has 1 aliphatic rings. The second-order valence-corrected chi connectivity index (χ2v) is 16.5. The van der Waals surface area contributed by atoms with Crippen molar-refractivity contribution in [1.29, 1.82) is 0 Å². The number of fused-ring (bicyclic) bond motifs is 1. The fourth-order valence-electron chi connectivity index (χ4n) is 8.37. The molecule has 338 valence electrons. The number of ether oxygens (including phenoxy) is 2. The zero-order chi connectivity index (χ0) is 46.0. The van der Waals surface area contributed by atoms with Gasteiger partial charge in [-0.2, -0.15) is 0 Å². The van der Waals surface area contributed by atoms with Gasteiger partial charge in [0.05, 0.1) is 55.7 Å². The number of rotatable bonds is 17. The molecule has 0 spiro atoms. The van der Waals surface area contributed by atoms with Gasteiger partial charge >= 0.3 is 5.97 Å². The maximum Gasteiger partial charge on any atom is 0.347 e. The molecule has 1 aliphatic heterocycles. The first-order chi connectivity index (χ1) is 32.1. The number of carbonyl (C=O) groups excluding carboxylic acids is 2. The molecule has 8 rings (SSSR count). The number of phenols is 1. The summed E-state index contributed by atoms with van der Waals surface area (Å²) in [6.07, 6.45) is 3.96. The van der Waals surface area contributed by atoms with Crippen molar-refractivity contribution in [3.05, 3.63) is 189 Å². The molecule has 1 saturated heterocycles. The Bertz CT molecular complexity index is 2850. The molecule has 5 aromatic carbocycles. The van der Waals surface area contributed by atoms with Gasteiger partial charge in [-0.1, -0.05) is 91.0 Å². The third-order valence-electron chi connectivity index (χ3n) is 12.1. The molecule has 0 saturated carbocycles. The quantitative estimate of drug-likeness (QED) is 0.0572. The van der Waals surface area contributed by atoms with E-state index in [1.54, 1.807) is 85.2 Å². The number of aliphatic hydroxyl groups is 2. The second-order valence-electron chi connectivity index (χ2n) is 16.5. The number of likely N-dealkylation sites (tertiary alicyclic amines) is 1. The summed E-state index contributed by atoms with van der Waals surface area (Å²) in [5, 5.41) is 40.2. The normalized spacial score (nSPS) is 14.6. The third-order valence-corrected chi connectivity index (χ3v) is 12.1. The van der Waals surface area contributed by atoms with Gasteiger partial charge in [0.15, 0.2) is 0 Å². The van der Waals surface area contributed by atoms with Crippen LogP contribution in [0.25, 0.3) is 22.2 Å². The minimum absolute atomic E-state index is 0.0637. The molecule has 7 aromatic rings. The van der Waals surface area contributed by atoms with Crippen LogP contribution >= 0.6 is 0 Å². The molecule has 1 fully saturated rings. The van der Waals surface area contributed by atoms with E-state index in [2.05, 4.69) is 37.6 Å². The molecule has 14 heteroatoms. The summed E-state index contributed by atoms with van der Waals surface area (Å²) in [6.45, 7) is 3.43. The van der Waals surface area contributed by atoms with E-state index in [-0.39, 0.29) is 48.3 Å². The van der Waals surface area contributed by atoms with Crippen LogP contribution in [0.3, 0.4) is 0 Å². The number of piperidine rings is 1. The van der Waals surface area contributed by atoms with Crippen molar-refractivity contribution >= 4 is 22.8 Å². The molecule has 0 bridgehead atoms. The molecular weight excluding hydrogens is 837 g/mol. The van der Waals surface area contributed by atoms with Gasteiger partial charge in [0, 0.05) is 53.3 Å². The Labute approximate surface area is 381 Å². The lowest BCUT2D eigenvalue weighted by Crippen LogP contribution is -2.40. The van der Waals surface area contributed by atoms with Gasteiger partial charge in [-0.25, -0.2) is 9.78 Å². The first-order valence-corrected chi connectivity index (χ1v) is 21.9. The number of carbonyl (C=O) groups is 2. The third kappa shape index (κ3) is 10.5. The van der Waals surface area contributed by atoms with Gasteiger partial charge in [-0.15, -0.1) is 0 Å². The number of benzene rings is 5. The van der Waals surface area contributed by atoms with E-state index >= 15 is 0 Å². The Hall–Kier alpha value is -7.23. The lowest BCUT2D eigenvalue weighted by atomic mass is 9.85. The highest BCUT2D eigenvalue weighted by Crippen LogP contribution is 2.34. The number of aromatic hydroxyl groups is 1. The summed E-state index contributed by atoms with van der Waals surface area (Å²) in [6, 6.07) is 37.2. The fraction of sp³-hybridized carbons (Fsp3) is 0.250. The van der Waals surface area contributed by atoms with Gasteiger partial charge < -0.3 is 40.4 Å². The summed E-state index contributed by atoms with van der Waals surface area (Å²) in [4.78, 5) is 53.4. The Kier molecular flexibility index (Phi) is 14.2. The number of phenolic OH excluding ortho intramolecular Hbond substituents is 1. The lowest BCUT2D eigenvalue weighted by molar-refractivity contribution is -0.164. The van der Waals surface area contributed by atoms with Crippen LogP contribution in [0.1, 0.15) is 62.8 Å². The maximum absolute atomic E-state index is 14.0. The van der Waals surface area contributed by atoms with Crippen molar-refractivity contribution in [2.24, 2.45) is 5.92 Å². The Morgan fingerprint density at radius 3 is 2.41 bits per heavy atom. The Morgan fingerprint density at radius 1 is 0.879 bits per heavy atom. The zero-order valence-corrected chi connectivity index (χ0v) is 36.5. The fourth-order valence-corrected chi connectivity index (χ4v) is 8.37. The number of pyridine rings is 1. The van der Waals surface area contributed by atoms with Crippen LogP contribution in [0, 0.1) is 5.92 Å². The van der Waals surface area contributed by atoms with Crippen LogP contribution in [0.4, 0.5) is 0 Å². The predicted molar refractivity (Wildman–Crippen MR) is 249 cm³/mol. The van der Waals surface area contributed by atoms with Gasteiger partial charge in [0.1, 0.15) is 11.5 Å². The van der Waals surface area contributed by atoms with E-state index in [0.29, 0.717) is 56.9 Å². The number of aromatic amines is 1. The van der Waals surface area contributed by atoms with Crippen molar-refractivity contribution < 1.29 is 34.4 Å². The topological polar surface area (TPSA) is 199 Å². The van der Waals surface area contributed by atoms with Crippen molar-refractivity contribution in [3.63, 3.8) is 0 Å². The number of hydrogen-bond acceptors (Lipinski definition) is 12. The van der Waals surface area contributed by atoms with Crippen molar-refractivity contribution in [3.8, 4) is 22.8 Å². The number of hydrogen-bond donors (Lipinski definition) is 6. The summed E-state index contributed by atoms with van der Waals surface area (Å²) in [7, 11) is 1.51. The summed E-state index contributed by atoms with van der Waals surface area (Å²) in [5.41, 5.74) is 3.00. The van der Waals surface area contributed by atoms with E-state index in [1.165, 1.54) is 24.8 Å². The zero-order valence-electron chi connectivity index (χ0n) is 36.5. The summed E-state index contributed by atoms with van der Waals surface area (Å²) in [5.74, 6) is -0.551. The van der Waals surface area contributed by atoms with E-state index in [9.17, 15) is 29.7 Å². The molecule has 0 radical (unpaired) electrons. The molecular formula is C52H52N6O8.